The summed E-state index contributed by atoms with van der Waals surface area (Å²) in [5.74, 6) is 0.924. The van der Waals surface area contributed by atoms with Gasteiger partial charge in [-0.05, 0) is 81.2 Å². The van der Waals surface area contributed by atoms with E-state index >= 15 is 0 Å². The van der Waals surface area contributed by atoms with Crippen molar-refractivity contribution in [3.05, 3.63) is 101 Å². The van der Waals surface area contributed by atoms with Crippen LogP contribution in [-0.4, -0.2) is 48.2 Å². The monoisotopic (exact) mass is 539 g/mol. The predicted octanol–water partition coefficient (Wildman–Crippen LogP) is 7.16. The molecule has 0 aliphatic rings. The Morgan fingerprint density at radius 3 is 2.35 bits per heavy atom. The molecule has 0 aliphatic heterocycles. The molecular weight excluding hydrogens is 494 g/mol. The number of hydrogen-bond donors (Lipinski definition) is 1. The fourth-order valence-electron chi connectivity index (χ4n) is 5.57. The van der Waals surface area contributed by atoms with E-state index in [-0.39, 0.29) is 17.9 Å². The summed E-state index contributed by atoms with van der Waals surface area (Å²) >= 11 is 0. The van der Waals surface area contributed by atoms with Crippen molar-refractivity contribution in [2.24, 2.45) is 0 Å². The van der Waals surface area contributed by atoms with Gasteiger partial charge in [0.15, 0.2) is 0 Å². The zero-order valence-electron chi connectivity index (χ0n) is 24.8. The molecule has 40 heavy (non-hydrogen) atoms. The Morgan fingerprint density at radius 2 is 1.68 bits per heavy atom. The van der Waals surface area contributed by atoms with E-state index in [9.17, 15) is 4.79 Å². The largest absolute Gasteiger partial charge is 0.497 e. The lowest BCUT2D eigenvalue weighted by atomic mass is 9.87. The van der Waals surface area contributed by atoms with Gasteiger partial charge in [0, 0.05) is 42.0 Å². The van der Waals surface area contributed by atoms with E-state index in [1.807, 2.05) is 12.1 Å². The molecule has 4 aromatic rings. The SMILES string of the molecule is CCN(CC)CCC[C@@H](C)NC(=O)C[C@@H](c1ccc(C)cc1)c1cn(Cc2ccc(OC)cc2)c2ccccc12. The highest BCUT2D eigenvalue weighted by Gasteiger charge is 2.23. The molecule has 5 heteroatoms. The molecule has 0 aliphatic carbocycles. The Morgan fingerprint density at radius 1 is 0.975 bits per heavy atom. The van der Waals surface area contributed by atoms with Crippen LogP contribution in [0, 0.1) is 6.92 Å². The van der Waals surface area contributed by atoms with E-state index in [1.165, 1.54) is 33.2 Å². The Balaban J connectivity index is 1.58. The minimum atomic E-state index is -0.0366. The third-order valence-electron chi connectivity index (χ3n) is 7.99. The van der Waals surface area contributed by atoms with Crippen LogP contribution < -0.4 is 10.1 Å². The Bertz CT molecular complexity index is 1350. The number of carbonyl (C=O) groups is 1. The lowest BCUT2D eigenvalue weighted by Gasteiger charge is -2.21. The van der Waals surface area contributed by atoms with Crippen LogP contribution in [0.4, 0.5) is 0 Å². The number of rotatable bonds is 14. The number of aryl methyl sites for hydroxylation is 1. The fourth-order valence-corrected chi connectivity index (χ4v) is 5.57. The van der Waals surface area contributed by atoms with Gasteiger partial charge in [0.05, 0.1) is 7.11 Å². The number of amides is 1. The van der Waals surface area contributed by atoms with Gasteiger partial charge < -0.3 is 19.5 Å². The van der Waals surface area contributed by atoms with Crippen molar-refractivity contribution in [1.82, 2.24) is 14.8 Å². The summed E-state index contributed by atoms with van der Waals surface area (Å²) in [6.07, 6.45) is 4.74. The van der Waals surface area contributed by atoms with Crippen LogP contribution in [0.3, 0.4) is 0 Å². The quantitative estimate of drug-likeness (QED) is 0.185. The first-order valence-electron chi connectivity index (χ1n) is 14.7. The van der Waals surface area contributed by atoms with E-state index in [2.05, 4.69) is 109 Å². The topological polar surface area (TPSA) is 46.5 Å². The van der Waals surface area contributed by atoms with Gasteiger partial charge in [0.1, 0.15) is 5.75 Å². The fraction of sp³-hybridized carbons (Fsp3) is 0.400. The van der Waals surface area contributed by atoms with Gasteiger partial charge in [-0.15, -0.1) is 0 Å². The molecule has 0 bridgehead atoms. The smallest absolute Gasteiger partial charge is 0.221 e. The number of carbonyl (C=O) groups excluding carboxylic acids is 1. The molecule has 4 rings (SSSR count). The highest BCUT2D eigenvalue weighted by atomic mass is 16.5. The zero-order chi connectivity index (χ0) is 28.5. The lowest BCUT2D eigenvalue weighted by Crippen LogP contribution is -2.34. The average molecular weight is 540 g/mol. The maximum atomic E-state index is 13.4. The van der Waals surface area contributed by atoms with Crippen LogP contribution in [0.15, 0.2) is 79.0 Å². The molecule has 3 aromatic carbocycles. The van der Waals surface area contributed by atoms with Crippen molar-refractivity contribution in [3.63, 3.8) is 0 Å². The second kappa shape index (κ2) is 14.2. The van der Waals surface area contributed by atoms with E-state index in [0.717, 1.165) is 44.8 Å². The van der Waals surface area contributed by atoms with Crippen LogP contribution in [0.5, 0.6) is 5.75 Å². The van der Waals surface area contributed by atoms with Gasteiger partial charge in [-0.3, -0.25) is 4.79 Å². The summed E-state index contributed by atoms with van der Waals surface area (Å²) in [6, 6.07) is 25.6. The number of fused-ring (bicyclic) bond motifs is 1. The van der Waals surface area contributed by atoms with Crippen LogP contribution in [0.25, 0.3) is 10.9 Å². The van der Waals surface area contributed by atoms with E-state index in [1.54, 1.807) is 7.11 Å². The number of nitrogens with zero attached hydrogens (tertiary/aromatic N) is 2. The molecule has 0 saturated heterocycles. The van der Waals surface area contributed by atoms with Crippen molar-refractivity contribution < 1.29 is 9.53 Å². The molecule has 1 aromatic heterocycles. The number of hydrogen-bond acceptors (Lipinski definition) is 3. The third kappa shape index (κ3) is 7.54. The molecule has 0 fully saturated rings. The standard InChI is InChI=1S/C35H45N3O2/c1-6-37(7-2)22-10-11-27(4)36-35(39)23-32(29-18-14-26(3)15-19-29)33-25-38(34-13-9-8-12-31(33)34)24-28-16-20-30(40-5)21-17-28/h8-9,12-21,25,27,32H,6-7,10-11,22-24H2,1-5H3,(H,36,39)/t27-,32+/m1/s1. The minimum absolute atomic E-state index is 0.0366. The molecular formula is C35H45N3O2. The molecule has 212 valence electrons. The molecule has 0 radical (unpaired) electrons. The number of aromatic nitrogens is 1. The van der Waals surface area contributed by atoms with Gasteiger partial charge in [-0.25, -0.2) is 0 Å². The molecule has 0 spiro atoms. The number of para-hydroxylation sites is 1. The minimum Gasteiger partial charge on any atom is -0.497 e. The number of methoxy groups -OCH3 is 1. The van der Waals surface area contributed by atoms with Crippen LogP contribution in [-0.2, 0) is 11.3 Å². The summed E-state index contributed by atoms with van der Waals surface area (Å²) in [7, 11) is 1.69. The van der Waals surface area contributed by atoms with E-state index < -0.39 is 0 Å². The molecule has 1 amide bonds. The van der Waals surface area contributed by atoms with Crippen molar-refractivity contribution in [1.29, 1.82) is 0 Å². The van der Waals surface area contributed by atoms with Gasteiger partial charge in [0.25, 0.3) is 0 Å². The van der Waals surface area contributed by atoms with E-state index in [4.69, 9.17) is 4.74 Å². The molecule has 5 nitrogen and oxygen atoms in total. The summed E-state index contributed by atoms with van der Waals surface area (Å²) in [6.45, 7) is 12.6. The molecule has 0 unspecified atom stereocenters. The third-order valence-corrected chi connectivity index (χ3v) is 7.99. The molecule has 1 heterocycles. The summed E-state index contributed by atoms with van der Waals surface area (Å²) in [5.41, 5.74) is 5.96. The van der Waals surface area contributed by atoms with Crippen molar-refractivity contribution in [2.75, 3.05) is 26.7 Å². The van der Waals surface area contributed by atoms with E-state index in [0.29, 0.717) is 6.42 Å². The predicted molar refractivity (Wildman–Crippen MR) is 166 cm³/mol. The second-order valence-corrected chi connectivity index (χ2v) is 10.9. The maximum Gasteiger partial charge on any atom is 0.221 e. The first-order chi connectivity index (χ1) is 19.4. The summed E-state index contributed by atoms with van der Waals surface area (Å²) < 4.78 is 7.65. The summed E-state index contributed by atoms with van der Waals surface area (Å²) in [4.78, 5) is 15.9. The van der Waals surface area contributed by atoms with Crippen molar-refractivity contribution in [2.45, 2.75) is 65.5 Å². The van der Waals surface area contributed by atoms with Gasteiger partial charge in [-0.1, -0.05) is 74.0 Å². The highest BCUT2D eigenvalue weighted by Crippen LogP contribution is 2.35. The lowest BCUT2D eigenvalue weighted by molar-refractivity contribution is -0.121. The highest BCUT2D eigenvalue weighted by molar-refractivity contribution is 5.87. The average Bonchev–Trinajstić information content (AvgIpc) is 3.33. The number of benzene rings is 3. The summed E-state index contributed by atoms with van der Waals surface area (Å²) in [5, 5.41) is 4.50. The van der Waals surface area contributed by atoms with Crippen LogP contribution in [0.1, 0.15) is 68.2 Å². The zero-order valence-corrected chi connectivity index (χ0v) is 24.8. The van der Waals surface area contributed by atoms with Crippen molar-refractivity contribution >= 4 is 16.8 Å². The molecule has 1 N–H and O–H groups in total. The van der Waals surface area contributed by atoms with Crippen molar-refractivity contribution in [3.8, 4) is 5.75 Å². The van der Waals surface area contributed by atoms with Gasteiger partial charge in [-0.2, -0.15) is 0 Å². The molecule has 0 saturated carbocycles. The van der Waals surface area contributed by atoms with Gasteiger partial charge >= 0.3 is 0 Å². The van der Waals surface area contributed by atoms with Gasteiger partial charge in [0.2, 0.25) is 5.91 Å². The van der Waals surface area contributed by atoms with Crippen LogP contribution in [0.2, 0.25) is 0 Å². The second-order valence-electron chi connectivity index (χ2n) is 10.9. The molecule has 2 atom stereocenters. The number of nitrogens with one attached hydrogen (secondary N) is 1. The Kier molecular flexibility index (Phi) is 10.4. The normalized spacial score (nSPS) is 12.9. The first kappa shape index (κ1) is 29.4. The Labute approximate surface area is 240 Å². The maximum absolute atomic E-state index is 13.4. The Hall–Kier alpha value is -3.57. The number of ether oxygens (including phenoxy) is 1. The van der Waals surface area contributed by atoms with Crippen LogP contribution >= 0.6 is 0 Å². The first-order valence-corrected chi connectivity index (χ1v) is 14.7.